The lowest BCUT2D eigenvalue weighted by molar-refractivity contribution is -0.384. The van der Waals surface area contributed by atoms with Crippen molar-refractivity contribution in [2.75, 3.05) is 56.8 Å². The molecule has 0 bridgehead atoms. The molecule has 10 heteroatoms. The lowest BCUT2D eigenvalue weighted by atomic mass is 9.83. The van der Waals surface area contributed by atoms with E-state index in [1.807, 2.05) is 12.1 Å². The third-order valence-electron chi connectivity index (χ3n) is 6.33. The van der Waals surface area contributed by atoms with E-state index in [1.54, 1.807) is 32.4 Å². The van der Waals surface area contributed by atoms with Gasteiger partial charge in [-0.3, -0.25) is 14.9 Å². The van der Waals surface area contributed by atoms with Crippen molar-refractivity contribution < 1.29 is 19.2 Å². The average Bonchev–Trinajstić information content (AvgIpc) is 2.82. The van der Waals surface area contributed by atoms with Crippen LogP contribution in [0, 0.1) is 16.0 Å². The molecule has 4 rings (SSSR count). The van der Waals surface area contributed by atoms with E-state index in [1.165, 1.54) is 6.07 Å². The van der Waals surface area contributed by atoms with E-state index >= 15 is 0 Å². The Morgan fingerprint density at radius 3 is 2.76 bits per heavy atom. The van der Waals surface area contributed by atoms with Gasteiger partial charge < -0.3 is 24.6 Å². The highest BCUT2D eigenvalue weighted by Gasteiger charge is 2.42. The van der Waals surface area contributed by atoms with E-state index in [2.05, 4.69) is 15.1 Å². The Kier molecular flexibility index (Phi) is 6.90. The molecule has 1 fully saturated rings. The number of nitrogens with one attached hydrogen (secondary N) is 1. The maximum absolute atomic E-state index is 13.2. The Hall–Kier alpha value is -3.04. The lowest BCUT2D eigenvalue weighted by Crippen LogP contribution is -2.61. The molecule has 0 radical (unpaired) electrons. The average molecular weight is 475 g/mol. The second-order valence-electron chi connectivity index (χ2n) is 8.19. The maximum Gasteiger partial charge on any atom is 0.269 e. The minimum absolute atomic E-state index is 0.0352. The standard InChI is InChI=1S/C23H27ClN4O5/c1-32-10-7-25-23(29)18-12-15-11-17(28(30)31)4-5-19(15)27-9-8-26(14-21(18)27)20-13-16(24)3-6-22(20)33-2/h3-6,11,13,18,21H,7-10,12,14H2,1-2H3,(H,25,29). The minimum atomic E-state index is -0.399. The quantitative estimate of drug-likeness (QED) is 0.374. The van der Waals surface area contributed by atoms with Gasteiger partial charge in [-0.15, -0.1) is 0 Å². The summed E-state index contributed by atoms with van der Waals surface area (Å²) >= 11 is 6.26. The molecule has 2 aromatic carbocycles. The van der Waals surface area contributed by atoms with Crippen LogP contribution in [-0.4, -0.2) is 63.9 Å². The van der Waals surface area contributed by atoms with Gasteiger partial charge in [-0.2, -0.15) is 0 Å². The van der Waals surface area contributed by atoms with Crippen molar-refractivity contribution in [1.82, 2.24) is 5.32 Å². The van der Waals surface area contributed by atoms with Crippen molar-refractivity contribution in [3.8, 4) is 5.75 Å². The van der Waals surface area contributed by atoms with Gasteiger partial charge in [-0.05, 0) is 36.2 Å². The minimum Gasteiger partial charge on any atom is -0.495 e. The number of ether oxygens (including phenoxy) is 2. The summed E-state index contributed by atoms with van der Waals surface area (Å²) in [4.78, 5) is 28.5. The third-order valence-corrected chi connectivity index (χ3v) is 6.57. The number of carbonyl (C=O) groups excluding carboxylic acids is 1. The zero-order valence-electron chi connectivity index (χ0n) is 18.6. The molecule has 0 aliphatic carbocycles. The Labute approximate surface area is 197 Å². The molecule has 0 aromatic heterocycles. The SMILES string of the molecule is COCCNC(=O)C1Cc2cc([N+](=O)[O-])ccc2N2CCN(c3cc(Cl)ccc3OC)CC12. The first-order valence-electron chi connectivity index (χ1n) is 10.8. The van der Waals surface area contributed by atoms with Crippen LogP contribution in [0.25, 0.3) is 0 Å². The Morgan fingerprint density at radius 1 is 1.21 bits per heavy atom. The van der Waals surface area contributed by atoms with Gasteiger partial charge in [-0.1, -0.05) is 11.6 Å². The summed E-state index contributed by atoms with van der Waals surface area (Å²) in [5.74, 6) is 0.268. The first kappa shape index (κ1) is 23.1. The second kappa shape index (κ2) is 9.84. The van der Waals surface area contributed by atoms with E-state index in [4.69, 9.17) is 21.1 Å². The van der Waals surface area contributed by atoms with Crippen LogP contribution in [0.2, 0.25) is 5.02 Å². The number of nitrogens with zero attached hydrogens (tertiary/aromatic N) is 3. The van der Waals surface area contributed by atoms with Crippen molar-refractivity contribution >= 4 is 34.6 Å². The number of anilines is 2. The highest BCUT2D eigenvalue weighted by molar-refractivity contribution is 6.31. The highest BCUT2D eigenvalue weighted by Crippen LogP contribution is 2.40. The van der Waals surface area contributed by atoms with Crippen LogP contribution in [0.4, 0.5) is 17.1 Å². The van der Waals surface area contributed by atoms with E-state index in [0.717, 1.165) is 22.7 Å². The summed E-state index contributed by atoms with van der Waals surface area (Å²) in [6, 6.07) is 10.3. The van der Waals surface area contributed by atoms with Gasteiger partial charge in [0, 0.05) is 56.1 Å². The normalized spacial score (nSPS) is 19.5. The smallest absolute Gasteiger partial charge is 0.269 e. The van der Waals surface area contributed by atoms with E-state index < -0.39 is 4.92 Å². The third kappa shape index (κ3) is 4.69. The van der Waals surface area contributed by atoms with Crippen molar-refractivity contribution in [3.05, 3.63) is 57.1 Å². The van der Waals surface area contributed by atoms with Crippen molar-refractivity contribution in [3.63, 3.8) is 0 Å². The van der Waals surface area contributed by atoms with Crippen LogP contribution < -0.4 is 19.9 Å². The number of hydrogen-bond acceptors (Lipinski definition) is 7. The second-order valence-corrected chi connectivity index (χ2v) is 8.62. The van der Waals surface area contributed by atoms with Gasteiger partial charge in [0.25, 0.3) is 5.69 Å². The van der Waals surface area contributed by atoms with Crippen LogP contribution in [0.3, 0.4) is 0 Å². The van der Waals surface area contributed by atoms with E-state index in [-0.39, 0.29) is 23.6 Å². The molecule has 9 nitrogen and oxygen atoms in total. The zero-order chi connectivity index (χ0) is 23.5. The lowest BCUT2D eigenvalue weighted by Gasteiger charge is -2.49. The fourth-order valence-electron chi connectivity index (χ4n) is 4.76. The number of halogens is 1. The molecule has 2 aliphatic rings. The summed E-state index contributed by atoms with van der Waals surface area (Å²) in [7, 11) is 3.21. The summed E-state index contributed by atoms with van der Waals surface area (Å²) in [6.07, 6.45) is 0.428. The molecule has 2 aromatic rings. The first-order valence-corrected chi connectivity index (χ1v) is 11.2. The first-order chi connectivity index (χ1) is 15.9. The Balaban J connectivity index is 1.67. The van der Waals surface area contributed by atoms with E-state index in [0.29, 0.717) is 44.2 Å². The molecule has 176 valence electrons. The van der Waals surface area contributed by atoms with Crippen LogP contribution >= 0.6 is 11.6 Å². The fourth-order valence-corrected chi connectivity index (χ4v) is 4.93. The molecule has 33 heavy (non-hydrogen) atoms. The number of methoxy groups -OCH3 is 2. The predicted octanol–water partition coefficient (Wildman–Crippen LogP) is 2.89. The number of non-ortho nitro benzene ring substituents is 1. The largest absolute Gasteiger partial charge is 0.495 e. The molecule has 1 saturated heterocycles. The number of fused-ring (bicyclic) bond motifs is 3. The van der Waals surface area contributed by atoms with Crippen molar-refractivity contribution in [2.24, 2.45) is 5.92 Å². The number of carbonyl (C=O) groups is 1. The van der Waals surface area contributed by atoms with Gasteiger partial charge in [0.05, 0.1) is 36.3 Å². The summed E-state index contributed by atoms with van der Waals surface area (Å²) in [5, 5.41) is 14.9. The zero-order valence-corrected chi connectivity index (χ0v) is 19.4. The highest BCUT2D eigenvalue weighted by atomic mass is 35.5. The fraction of sp³-hybridized carbons (Fsp3) is 0.435. The topological polar surface area (TPSA) is 97.2 Å². The molecular weight excluding hydrogens is 448 g/mol. The van der Waals surface area contributed by atoms with Gasteiger partial charge in [0.2, 0.25) is 5.91 Å². The van der Waals surface area contributed by atoms with Crippen LogP contribution in [0.1, 0.15) is 5.56 Å². The molecule has 1 N–H and O–H groups in total. The predicted molar refractivity (Wildman–Crippen MR) is 127 cm³/mol. The molecule has 2 heterocycles. The number of rotatable bonds is 7. The van der Waals surface area contributed by atoms with Gasteiger partial charge in [0.15, 0.2) is 0 Å². The van der Waals surface area contributed by atoms with Crippen molar-refractivity contribution in [1.29, 1.82) is 0 Å². The van der Waals surface area contributed by atoms with Gasteiger partial charge in [-0.25, -0.2) is 0 Å². The number of nitro benzene ring substituents is 1. The molecule has 2 atom stereocenters. The van der Waals surface area contributed by atoms with Crippen LogP contribution in [0.15, 0.2) is 36.4 Å². The molecule has 1 amide bonds. The van der Waals surface area contributed by atoms with Gasteiger partial charge in [0.1, 0.15) is 5.75 Å². The Bertz CT molecular complexity index is 1050. The van der Waals surface area contributed by atoms with Gasteiger partial charge >= 0.3 is 0 Å². The Morgan fingerprint density at radius 2 is 2.03 bits per heavy atom. The van der Waals surface area contributed by atoms with Crippen LogP contribution in [-0.2, 0) is 16.0 Å². The van der Waals surface area contributed by atoms with Crippen molar-refractivity contribution in [2.45, 2.75) is 12.5 Å². The maximum atomic E-state index is 13.2. The number of benzene rings is 2. The molecule has 0 saturated carbocycles. The number of hydrogen-bond donors (Lipinski definition) is 1. The number of nitro groups is 1. The molecule has 2 unspecified atom stereocenters. The monoisotopic (exact) mass is 474 g/mol. The van der Waals surface area contributed by atoms with E-state index in [9.17, 15) is 14.9 Å². The molecular formula is C23H27ClN4O5. The summed E-state index contributed by atoms with van der Waals surface area (Å²) in [5.41, 5.74) is 2.69. The number of piperazine rings is 1. The van der Waals surface area contributed by atoms with Crippen LogP contribution in [0.5, 0.6) is 5.75 Å². The summed E-state index contributed by atoms with van der Waals surface area (Å²) < 4.78 is 10.6. The molecule has 0 spiro atoms. The molecule has 2 aliphatic heterocycles. The summed E-state index contributed by atoms with van der Waals surface area (Å²) in [6.45, 7) is 2.77. The number of amides is 1.